The van der Waals surface area contributed by atoms with Crippen LogP contribution in [-0.4, -0.2) is 35.9 Å². The summed E-state index contributed by atoms with van der Waals surface area (Å²) >= 11 is 18.5. The first-order valence-corrected chi connectivity index (χ1v) is 12.9. The number of ether oxygens (including phenoxy) is 1. The predicted octanol–water partition coefficient (Wildman–Crippen LogP) is 6.58. The summed E-state index contributed by atoms with van der Waals surface area (Å²) in [5.41, 5.74) is 1.62. The summed E-state index contributed by atoms with van der Waals surface area (Å²) in [6.07, 6.45) is 2.14. The molecule has 0 saturated carbocycles. The topological polar surface area (TPSA) is 58.6 Å². The lowest BCUT2D eigenvalue weighted by molar-refractivity contribution is -0.142. The van der Waals surface area contributed by atoms with Gasteiger partial charge in [0.05, 0.1) is 0 Å². The molecule has 3 aromatic carbocycles. The van der Waals surface area contributed by atoms with E-state index in [-0.39, 0.29) is 25.0 Å². The monoisotopic (exact) mass is 546 g/mol. The Hall–Kier alpha value is -2.73. The zero-order valence-electron chi connectivity index (χ0n) is 20.1. The van der Waals surface area contributed by atoms with E-state index in [9.17, 15) is 9.59 Å². The fourth-order valence-corrected chi connectivity index (χ4v) is 4.25. The van der Waals surface area contributed by atoms with Crippen LogP contribution in [0.2, 0.25) is 15.1 Å². The Morgan fingerprint density at radius 1 is 0.944 bits per heavy atom. The smallest absolute Gasteiger partial charge is 0.261 e. The molecule has 0 aliphatic carbocycles. The van der Waals surface area contributed by atoms with E-state index in [4.69, 9.17) is 39.5 Å². The fraction of sp³-hybridized carbons (Fsp3) is 0.286. The molecule has 2 amide bonds. The summed E-state index contributed by atoms with van der Waals surface area (Å²) in [5.74, 6) is -0.0657. The number of halogens is 3. The molecule has 0 aliphatic heterocycles. The Labute approximate surface area is 227 Å². The molecular weight excluding hydrogens is 519 g/mol. The van der Waals surface area contributed by atoms with Crippen molar-refractivity contribution in [2.75, 3.05) is 13.2 Å². The van der Waals surface area contributed by atoms with Crippen LogP contribution >= 0.6 is 34.8 Å². The molecule has 36 heavy (non-hydrogen) atoms. The second kappa shape index (κ2) is 14.1. The van der Waals surface area contributed by atoms with Crippen LogP contribution in [0.1, 0.15) is 30.9 Å². The van der Waals surface area contributed by atoms with Crippen LogP contribution in [0.5, 0.6) is 5.75 Å². The first-order valence-electron chi connectivity index (χ1n) is 11.8. The molecular formula is C28H29Cl3N2O3. The Bertz CT molecular complexity index is 1140. The number of benzene rings is 3. The molecule has 3 aromatic rings. The molecule has 1 atom stereocenters. The first kappa shape index (κ1) is 27.9. The van der Waals surface area contributed by atoms with Gasteiger partial charge in [0.15, 0.2) is 6.61 Å². The number of carbonyl (C=O) groups excluding carboxylic acids is 2. The molecule has 0 unspecified atom stereocenters. The maximum absolute atomic E-state index is 13.6. The van der Waals surface area contributed by atoms with E-state index in [2.05, 4.69) is 12.2 Å². The third-order valence-electron chi connectivity index (χ3n) is 5.63. The van der Waals surface area contributed by atoms with E-state index in [0.29, 0.717) is 39.3 Å². The Morgan fingerprint density at radius 3 is 2.31 bits per heavy atom. The van der Waals surface area contributed by atoms with Crippen molar-refractivity contribution in [2.24, 2.45) is 0 Å². The Morgan fingerprint density at radius 2 is 1.64 bits per heavy atom. The van der Waals surface area contributed by atoms with E-state index in [0.717, 1.165) is 18.4 Å². The van der Waals surface area contributed by atoms with Gasteiger partial charge in [-0.25, -0.2) is 0 Å². The largest absolute Gasteiger partial charge is 0.484 e. The molecule has 0 saturated heterocycles. The number of carbonyl (C=O) groups is 2. The number of amides is 2. The lowest BCUT2D eigenvalue weighted by Gasteiger charge is -2.31. The van der Waals surface area contributed by atoms with Crippen molar-refractivity contribution in [1.29, 1.82) is 0 Å². The van der Waals surface area contributed by atoms with Gasteiger partial charge in [0.2, 0.25) is 5.91 Å². The third-order valence-corrected chi connectivity index (χ3v) is 6.47. The zero-order chi connectivity index (χ0) is 25.9. The van der Waals surface area contributed by atoms with Crippen molar-refractivity contribution in [3.8, 4) is 5.75 Å². The summed E-state index contributed by atoms with van der Waals surface area (Å²) in [6.45, 7) is 2.46. The van der Waals surface area contributed by atoms with Crippen LogP contribution in [0.3, 0.4) is 0 Å². The van der Waals surface area contributed by atoms with Gasteiger partial charge >= 0.3 is 0 Å². The molecule has 1 N–H and O–H groups in total. The first-order chi connectivity index (χ1) is 17.4. The summed E-state index contributed by atoms with van der Waals surface area (Å²) in [6, 6.07) is 20.7. The van der Waals surface area contributed by atoms with E-state index < -0.39 is 6.04 Å². The summed E-state index contributed by atoms with van der Waals surface area (Å²) in [7, 11) is 0. The molecule has 0 fully saturated rings. The number of unbranched alkanes of at least 4 members (excludes halogenated alkanes) is 1. The molecule has 0 spiro atoms. The lowest BCUT2D eigenvalue weighted by Crippen LogP contribution is -2.51. The highest BCUT2D eigenvalue weighted by molar-refractivity contribution is 6.35. The molecule has 3 rings (SSSR count). The number of hydrogen-bond acceptors (Lipinski definition) is 3. The summed E-state index contributed by atoms with van der Waals surface area (Å²) in [4.78, 5) is 28.5. The van der Waals surface area contributed by atoms with Crippen molar-refractivity contribution in [1.82, 2.24) is 10.2 Å². The molecule has 5 nitrogen and oxygen atoms in total. The number of nitrogens with one attached hydrogen (secondary N) is 1. The van der Waals surface area contributed by atoms with Gasteiger partial charge in [-0.1, -0.05) is 84.5 Å². The second-order valence-corrected chi connectivity index (χ2v) is 9.63. The quantitative estimate of drug-likeness (QED) is 0.261. The van der Waals surface area contributed by atoms with Gasteiger partial charge in [0.25, 0.3) is 5.91 Å². The SMILES string of the molecule is CCCCNC(=O)[C@@H](Cc1ccccc1)N(Cc1ccc(Cl)cc1Cl)C(=O)COc1ccc(Cl)cc1. The van der Waals surface area contributed by atoms with E-state index in [1.54, 1.807) is 42.5 Å². The third kappa shape index (κ3) is 8.44. The molecule has 8 heteroatoms. The second-order valence-electron chi connectivity index (χ2n) is 8.35. The van der Waals surface area contributed by atoms with Crippen LogP contribution in [-0.2, 0) is 22.6 Å². The van der Waals surface area contributed by atoms with Crippen molar-refractivity contribution in [3.05, 3.63) is 99.0 Å². The highest BCUT2D eigenvalue weighted by Crippen LogP contribution is 2.24. The standard InChI is InChI=1S/C28H29Cl3N2O3/c1-2-3-15-32-28(35)26(16-20-7-5-4-6-8-20)33(18-21-9-10-23(30)17-25(21)31)27(34)19-36-24-13-11-22(29)12-14-24/h4-14,17,26H,2-3,15-16,18-19H2,1H3,(H,32,35)/t26-/m1/s1. The normalized spacial score (nSPS) is 11.6. The Balaban J connectivity index is 1.90. The molecule has 0 aromatic heterocycles. The maximum Gasteiger partial charge on any atom is 0.261 e. The molecule has 0 bridgehead atoms. The summed E-state index contributed by atoms with van der Waals surface area (Å²) in [5, 5.41) is 4.47. The summed E-state index contributed by atoms with van der Waals surface area (Å²) < 4.78 is 5.73. The van der Waals surface area contributed by atoms with Crippen LogP contribution in [0.4, 0.5) is 0 Å². The molecule has 0 heterocycles. The van der Waals surface area contributed by atoms with Gasteiger partial charge in [0, 0.05) is 34.6 Å². The highest BCUT2D eigenvalue weighted by atomic mass is 35.5. The number of nitrogens with zero attached hydrogens (tertiary/aromatic N) is 1. The average Bonchev–Trinajstić information content (AvgIpc) is 2.87. The minimum absolute atomic E-state index is 0.123. The van der Waals surface area contributed by atoms with Gasteiger partial charge in [-0.2, -0.15) is 0 Å². The van der Waals surface area contributed by atoms with Gasteiger partial charge in [-0.15, -0.1) is 0 Å². The molecule has 190 valence electrons. The molecule has 0 aliphatic rings. The minimum atomic E-state index is -0.766. The number of rotatable bonds is 12. The van der Waals surface area contributed by atoms with E-state index in [1.165, 1.54) is 4.90 Å². The van der Waals surface area contributed by atoms with E-state index >= 15 is 0 Å². The van der Waals surface area contributed by atoms with Gasteiger partial charge < -0.3 is 15.0 Å². The van der Waals surface area contributed by atoms with Crippen molar-refractivity contribution >= 4 is 46.6 Å². The minimum Gasteiger partial charge on any atom is -0.484 e. The molecule has 0 radical (unpaired) electrons. The maximum atomic E-state index is 13.6. The van der Waals surface area contributed by atoms with Gasteiger partial charge in [-0.3, -0.25) is 9.59 Å². The lowest BCUT2D eigenvalue weighted by atomic mass is 10.0. The zero-order valence-corrected chi connectivity index (χ0v) is 22.3. The van der Waals surface area contributed by atoms with Crippen LogP contribution in [0.25, 0.3) is 0 Å². The predicted molar refractivity (Wildman–Crippen MR) is 146 cm³/mol. The van der Waals surface area contributed by atoms with Gasteiger partial charge in [0.1, 0.15) is 11.8 Å². The number of hydrogen-bond donors (Lipinski definition) is 1. The van der Waals surface area contributed by atoms with Crippen LogP contribution < -0.4 is 10.1 Å². The Kier molecular flexibility index (Phi) is 10.9. The van der Waals surface area contributed by atoms with E-state index in [1.807, 2.05) is 30.3 Å². The average molecular weight is 548 g/mol. The van der Waals surface area contributed by atoms with Crippen LogP contribution in [0, 0.1) is 0 Å². The van der Waals surface area contributed by atoms with Crippen molar-refractivity contribution < 1.29 is 14.3 Å². The highest BCUT2D eigenvalue weighted by Gasteiger charge is 2.31. The fourth-order valence-electron chi connectivity index (χ4n) is 3.65. The van der Waals surface area contributed by atoms with Crippen molar-refractivity contribution in [2.45, 2.75) is 38.8 Å². The van der Waals surface area contributed by atoms with Crippen LogP contribution in [0.15, 0.2) is 72.8 Å². The van der Waals surface area contributed by atoms with Crippen molar-refractivity contribution in [3.63, 3.8) is 0 Å². The van der Waals surface area contributed by atoms with Gasteiger partial charge in [-0.05, 0) is 53.9 Å².